The summed E-state index contributed by atoms with van der Waals surface area (Å²) in [5, 5.41) is 0. The number of benzene rings is 5. The summed E-state index contributed by atoms with van der Waals surface area (Å²) in [4.78, 5) is 10.7. The molecule has 0 aliphatic carbocycles. The average molecular weight is 690 g/mol. The molecule has 0 N–H and O–H groups in total. The number of hydrogen-bond donors (Lipinski definition) is 0. The van der Waals surface area contributed by atoms with Gasteiger partial charge < -0.3 is 24.5 Å². The molecule has 0 saturated carbocycles. The first-order valence-corrected chi connectivity index (χ1v) is 17.9. The first-order chi connectivity index (χ1) is 24.9. The minimum absolute atomic E-state index is 0.0392. The highest BCUT2D eigenvalue weighted by molar-refractivity contribution is 5.84. The van der Waals surface area contributed by atoms with Crippen molar-refractivity contribution >= 4 is 45.7 Å². The fraction of sp³-hybridized carbons (Fsp3) is 0.234. The SMILES string of the molecule is CN(C)c1ccc(C=CC(C=C(c2ccc(N(C)C)cc2)c2ccc(N(C)C)cc2)C=C(c2ccc(N(C)C)cc2)c2ccc(N(C)C)cc2)cc1. The molecule has 0 unspecified atom stereocenters. The highest BCUT2D eigenvalue weighted by atomic mass is 15.1. The minimum atomic E-state index is -0.0392. The lowest BCUT2D eigenvalue weighted by molar-refractivity contribution is 1.08. The van der Waals surface area contributed by atoms with Crippen molar-refractivity contribution in [3.63, 3.8) is 0 Å². The topological polar surface area (TPSA) is 16.2 Å². The van der Waals surface area contributed by atoms with Crippen LogP contribution in [0.15, 0.2) is 140 Å². The molecule has 0 aliphatic heterocycles. The fourth-order valence-corrected chi connectivity index (χ4v) is 6.12. The summed E-state index contributed by atoms with van der Waals surface area (Å²) in [6.45, 7) is 0. The third-order valence-electron chi connectivity index (χ3n) is 9.42. The number of allylic oxidation sites excluding steroid dienone is 3. The van der Waals surface area contributed by atoms with Gasteiger partial charge in [-0.05, 0) is 99.6 Å². The molecule has 0 bridgehead atoms. The van der Waals surface area contributed by atoms with Crippen LogP contribution < -0.4 is 24.5 Å². The Hall–Kier alpha value is -5.68. The second-order valence-electron chi connectivity index (χ2n) is 14.3. The summed E-state index contributed by atoms with van der Waals surface area (Å²) < 4.78 is 0. The maximum Gasteiger partial charge on any atom is 0.0361 e. The molecule has 0 radical (unpaired) electrons. The van der Waals surface area contributed by atoms with Crippen molar-refractivity contribution in [1.82, 2.24) is 0 Å². The first-order valence-electron chi connectivity index (χ1n) is 17.9. The normalized spacial score (nSPS) is 11.0. The highest BCUT2D eigenvalue weighted by Crippen LogP contribution is 2.33. The highest BCUT2D eigenvalue weighted by Gasteiger charge is 2.14. The number of hydrogen-bond acceptors (Lipinski definition) is 5. The Labute approximate surface area is 313 Å². The molecule has 52 heavy (non-hydrogen) atoms. The molecule has 5 aromatic rings. The molecular formula is C47H55N5. The van der Waals surface area contributed by atoms with Crippen molar-refractivity contribution in [2.24, 2.45) is 5.92 Å². The Balaban J connectivity index is 1.73. The number of anilines is 5. The van der Waals surface area contributed by atoms with Crippen molar-refractivity contribution in [3.8, 4) is 0 Å². The lowest BCUT2D eigenvalue weighted by atomic mass is 9.89. The van der Waals surface area contributed by atoms with Crippen LogP contribution in [0.5, 0.6) is 0 Å². The van der Waals surface area contributed by atoms with Gasteiger partial charge >= 0.3 is 0 Å². The van der Waals surface area contributed by atoms with Gasteiger partial charge in [0.15, 0.2) is 0 Å². The van der Waals surface area contributed by atoms with Crippen LogP contribution in [-0.2, 0) is 0 Å². The van der Waals surface area contributed by atoms with E-state index < -0.39 is 0 Å². The lowest BCUT2D eigenvalue weighted by Gasteiger charge is -2.19. The van der Waals surface area contributed by atoms with Crippen LogP contribution in [0.2, 0.25) is 0 Å². The molecule has 5 nitrogen and oxygen atoms in total. The van der Waals surface area contributed by atoms with Crippen LogP contribution >= 0.6 is 0 Å². The summed E-state index contributed by atoms with van der Waals surface area (Å²) in [5.74, 6) is -0.0392. The van der Waals surface area contributed by atoms with Gasteiger partial charge in [0.1, 0.15) is 0 Å². The van der Waals surface area contributed by atoms with E-state index in [0.29, 0.717) is 0 Å². The molecule has 5 heteroatoms. The third kappa shape index (κ3) is 9.55. The van der Waals surface area contributed by atoms with Gasteiger partial charge in [0.05, 0.1) is 0 Å². The Morgan fingerprint density at radius 2 is 0.577 bits per heavy atom. The smallest absolute Gasteiger partial charge is 0.0361 e. The monoisotopic (exact) mass is 689 g/mol. The quantitative estimate of drug-likeness (QED) is 0.122. The van der Waals surface area contributed by atoms with E-state index in [1.807, 2.05) is 0 Å². The van der Waals surface area contributed by atoms with Crippen molar-refractivity contribution < 1.29 is 0 Å². The summed E-state index contributed by atoms with van der Waals surface area (Å²) >= 11 is 0. The summed E-state index contributed by atoms with van der Waals surface area (Å²) in [6, 6.07) is 44.3. The van der Waals surface area contributed by atoms with Crippen LogP contribution in [0.25, 0.3) is 17.2 Å². The van der Waals surface area contributed by atoms with Gasteiger partial charge in [-0.2, -0.15) is 0 Å². The van der Waals surface area contributed by atoms with Crippen LogP contribution in [0.3, 0.4) is 0 Å². The minimum Gasteiger partial charge on any atom is -0.378 e. The summed E-state index contributed by atoms with van der Waals surface area (Å²) in [5.41, 5.74) is 14.1. The molecule has 5 aromatic carbocycles. The largest absolute Gasteiger partial charge is 0.378 e. The second kappa shape index (κ2) is 17.0. The predicted molar refractivity (Wildman–Crippen MR) is 231 cm³/mol. The van der Waals surface area contributed by atoms with Gasteiger partial charge in [-0.3, -0.25) is 0 Å². The van der Waals surface area contributed by atoms with Gasteiger partial charge in [0.25, 0.3) is 0 Å². The van der Waals surface area contributed by atoms with Crippen LogP contribution in [0, 0.1) is 5.92 Å². The zero-order valence-electron chi connectivity index (χ0n) is 32.7. The Kier molecular flexibility index (Phi) is 12.3. The van der Waals surface area contributed by atoms with E-state index in [1.54, 1.807) is 0 Å². The van der Waals surface area contributed by atoms with E-state index in [4.69, 9.17) is 0 Å². The van der Waals surface area contributed by atoms with Gasteiger partial charge in [0.2, 0.25) is 0 Å². The van der Waals surface area contributed by atoms with Crippen molar-refractivity contribution in [3.05, 3.63) is 167 Å². The molecule has 0 fully saturated rings. The zero-order valence-corrected chi connectivity index (χ0v) is 32.7. The first kappa shape index (κ1) is 37.6. The van der Waals surface area contributed by atoms with Crippen LogP contribution in [-0.4, -0.2) is 70.5 Å². The maximum atomic E-state index is 2.42. The third-order valence-corrected chi connectivity index (χ3v) is 9.42. The predicted octanol–water partition coefficient (Wildman–Crippen LogP) is 9.91. The van der Waals surface area contributed by atoms with Crippen LogP contribution in [0.4, 0.5) is 28.4 Å². The van der Waals surface area contributed by atoms with E-state index in [1.165, 1.54) is 61.8 Å². The molecular weight excluding hydrogens is 635 g/mol. The van der Waals surface area contributed by atoms with E-state index in [2.05, 4.69) is 241 Å². The van der Waals surface area contributed by atoms with Crippen LogP contribution in [0.1, 0.15) is 27.8 Å². The van der Waals surface area contributed by atoms with Gasteiger partial charge in [0, 0.05) is 105 Å². The van der Waals surface area contributed by atoms with Gasteiger partial charge in [-0.15, -0.1) is 0 Å². The van der Waals surface area contributed by atoms with E-state index >= 15 is 0 Å². The molecule has 0 aromatic heterocycles. The van der Waals surface area contributed by atoms with Crippen molar-refractivity contribution in [1.29, 1.82) is 0 Å². The molecule has 0 atom stereocenters. The van der Waals surface area contributed by atoms with E-state index in [9.17, 15) is 0 Å². The number of rotatable bonds is 13. The van der Waals surface area contributed by atoms with Crippen molar-refractivity contribution in [2.75, 3.05) is 95.0 Å². The lowest BCUT2D eigenvalue weighted by Crippen LogP contribution is -2.09. The van der Waals surface area contributed by atoms with E-state index in [-0.39, 0.29) is 5.92 Å². The Morgan fingerprint density at radius 1 is 0.346 bits per heavy atom. The average Bonchev–Trinajstić information content (AvgIpc) is 3.15. The second-order valence-corrected chi connectivity index (χ2v) is 14.3. The Bertz CT molecular complexity index is 1740. The number of nitrogens with zero attached hydrogens (tertiary/aromatic N) is 5. The molecule has 5 rings (SSSR count). The zero-order chi connectivity index (χ0) is 37.4. The molecule has 0 amide bonds. The summed E-state index contributed by atoms with van der Waals surface area (Å²) in [6.07, 6.45) is 9.42. The molecule has 268 valence electrons. The molecule has 0 heterocycles. The fourth-order valence-electron chi connectivity index (χ4n) is 6.12. The van der Waals surface area contributed by atoms with Crippen molar-refractivity contribution in [2.45, 2.75) is 0 Å². The van der Waals surface area contributed by atoms with Gasteiger partial charge in [-0.1, -0.05) is 85.0 Å². The Morgan fingerprint density at radius 3 is 0.808 bits per heavy atom. The molecule has 0 saturated heterocycles. The molecule has 0 spiro atoms. The summed E-state index contributed by atoms with van der Waals surface area (Å²) in [7, 11) is 20.8. The van der Waals surface area contributed by atoms with Gasteiger partial charge in [-0.25, -0.2) is 0 Å². The standard InChI is InChI=1S/C47H55N5/c1-48(2)41-23-13-35(14-24-41)11-12-36(33-46(37-15-25-42(26-16-37)49(3)4)38-17-27-43(28-18-38)50(5)6)34-47(39-19-29-44(30-20-39)51(7)8)40-21-31-45(32-22-40)52(9)10/h11-34,36H,1-10H3. The maximum absolute atomic E-state index is 2.42. The van der Waals surface area contributed by atoms with E-state index in [0.717, 1.165) is 5.56 Å². The molecule has 0 aliphatic rings.